The molecule has 1 aliphatic heterocycles. The van der Waals surface area contributed by atoms with Crippen LogP contribution < -0.4 is 0 Å². The Morgan fingerprint density at radius 3 is 3.14 bits per heavy atom. The quantitative estimate of drug-likeness (QED) is 0.615. The van der Waals surface area contributed by atoms with Gasteiger partial charge in [-0.25, -0.2) is 0 Å². The highest BCUT2D eigenvalue weighted by Gasteiger charge is 2.12. The van der Waals surface area contributed by atoms with Gasteiger partial charge in [0.05, 0.1) is 17.1 Å². The van der Waals surface area contributed by atoms with Crippen LogP contribution in [0.15, 0.2) is 24.4 Å². The van der Waals surface area contributed by atoms with Crippen molar-refractivity contribution in [2.45, 2.75) is 19.4 Å². The summed E-state index contributed by atoms with van der Waals surface area (Å²) in [5.74, 6) is 0. The lowest BCUT2D eigenvalue weighted by Crippen LogP contribution is -2.06. The van der Waals surface area contributed by atoms with E-state index in [1.165, 1.54) is 22.9 Å². The Hall–Kier alpha value is -1.75. The van der Waals surface area contributed by atoms with Crippen LogP contribution in [0.4, 0.5) is 0 Å². The zero-order chi connectivity index (χ0) is 9.54. The van der Waals surface area contributed by atoms with Gasteiger partial charge in [-0.05, 0) is 36.6 Å². The average Bonchev–Trinajstić information content (AvgIpc) is 2.64. The van der Waals surface area contributed by atoms with Crippen LogP contribution in [0.3, 0.4) is 0 Å². The fourth-order valence-electron chi connectivity index (χ4n) is 2.32. The lowest BCUT2D eigenvalue weighted by atomic mass is 10.0. The molecule has 1 aromatic carbocycles. The first-order valence-electron chi connectivity index (χ1n) is 4.90. The van der Waals surface area contributed by atoms with E-state index in [-0.39, 0.29) is 0 Å². The predicted octanol–water partition coefficient (Wildman–Crippen LogP) is 2.46. The fraction of sp³-hybridized carbons (Fsp3) is 0.250. The molecule has 0 spiro atoms. The highest BCUT2D eigenvalue weighted by Crippen LogP contribution is 2.27. The van der Waals surface area contributed by atoms with Crippen molar-refractivity contribution in [2.75, 3.05) is 0 Å². The first-order valence-corrected chi connectivity index (χ1v) is 4.90. The molecule has 2 aromatic rings. The van der Waals surface area contributed by atoms with Crippen LogP contribution in [-0.2, 0) is 13.0 Å². The SMILES string of the molecule is N#Cc1cc2c3c(ccn3CCC2)c1. The molecule has 2 heteroatoms. The molecule has 68 valence electrons. The third kappa shape index (κ3) is 0.898. The van der Waals surface area contributed by atoms with E-state index in [1.54, 1.807) is 0 Å². The van der Waals surface area contributed by atoms with E-state index in [1.807, 2.05) is 12.1 Å². The Morgan fingerprint density at radius 2 is 2.29 bits per heavy atom. The minimum Gasteiger partial charge on any atom is -0.347 e. The molecule has 3 rings (SSSR count). The monoisotopic (exact) mass is 182 g/mol. The van der Waals surface area contributed by atoms with Crippen LogP contribution in [0.2, 0.25) is 0 Å². The molecule has 0 N–H and O–H groups in total. The number of hydrogen-bond acceptors (Lipinski definition) is 1. The summed E-state index contributed by atoms with van der Waals surface area (Å²) in [5.41, 5.74) is 3.44. The third-order valence-electron chi connectivity index (χ3n) is 2.91. The van der Waals surface area contributed by atoms with Gasteiger partial charge in [0.15, 0.2) is 0 Å². The van der Waals surface area contributed by atoms with Crippen LogP contribution in [0, 0.1) is 11.3 Å². The molecule has 1 aromatic heterocycles. The van der Waals surface area contributed by atoms with Gasteiger partial charge in [0.25, 0.3) is 0 Å². The zero-order valence-corrected chi connectivity index (χ0v) is 7.83. The molecule has 1 aliphatic rings. The van der Waals surface area contributed by atoms with E-state index < -0.39 is 0 Å². The smallest absolute Gasteiger partial charge is 0.0991 e. The molecular formula is C12H10N2. The van der Waals surface area contributed by atoms with E-state index in [9.17, 15) is 0 Å². The molecule has 0 saturated heterocycles. The largest absolute Gasteiger partial charge is 0.347 e. The maximum absolute atomic E-state index is 8.89. The number of nitriles is 1. The fourth-order valence-corrected chi connectivity index (χ4v) is 2.32. The lowest BCUT2D eigenvalue weighted by molar-refractivity contribution is 0.636. The number of nitrogens with zero attached hydrogens (tertiary/aromatic N) is 2. The lowest BCUT2D eigenvalue weighted by Gasteiger charge is -2.15. The van der Waals surface area contributed by atoms with Crippen LogP contribution in [0.1, 0.15) is 17.5 Å². The van der Waals surface area contributed by atoms with Gasteiger partial charge < -0.3 is 4.57 Å². The van der Waals surface area contributed by atoms with Crippen molar-refractivity contribution in [1.29, 1.82) is 5.26 Å². The van der Waals surface area contributed by atoms with Gasteiger partial charge in [-0.2, -0.15) is 5.26 Å². The summed E-state index contributed by atoms with van der Waals surface area (Å²) >= 11 is 0. The summed E-state index contributed by atoms with van der Waals surface area (Å²) < 4.78 is 2.29. The van der Waals surface area contributed by atoms with Crippen LogP contribution >= 0.6 is 0 Å². The van der Waals surface area contributed by atoms with Crippen LogP contribution in [0.5, 0.6) is 0 Å². The van der Waals surface area contributed by atoms with Gasteiger partial charge in [0.2, 0.25) is 0 Å². The van der Waals surface area contributed by atoms with Gasteiger partial charge in [-0.15, -0.1) is 0 Å². The highest BCUT2D eigenvalue weighted by atomic mass is 15.0. The molecule has 0 aliphatic carbocycles. The summed E-state index contributed by atoms with van der Waals surface area (Å²) in [6.07, 6.45) is 4.41. The number of aryl methyl sites for hydroxylation is 2. The summed E-state index contributed by atoms with van der Waals surface area (Å²) in [5, 5.41) is 10.1. The molecular weight excluding hydrogens is 172 g/mol. The van der Waals surface area contributed by atoms with Gasteiger partial charge in [0, 0.05) is 18.1 Å². The zero-order valence-electron chi connectivity index (χ0n) is 7.83. The van der Waals surface area contributed by atoms with Crippen LogP contribution in [0.25, 0.3) is 10.9 Å². The molecule has 0 atom stereocenters. The Labute approximate surface area is 82.4 Å². The predicted molar refractivity (Wildman–Crippen MR) is 55.0 cm³/mol. The van der Waals surface area contributed by atoms with E-state index >= 15 is 0 Å². The summed E-state index contributed by atoms with van der Waals surface area (Å²) in [4.78, 5) is 0. The normalized spacial score (nSPS) is 14.2. The van der Waals surface area contributed by atoms with E-state index in [0.29, 0.717) is 0 Å². The average molecular weight is 182 g/mol. The Balaban J connectivity index is 2.43. The Kier molecular flexibility index (Phi) is 1.43. The standard InChI is InChI=1S/C12H10N2/c13-8-9-6-10-2-1-4-14-5-3-11(7-9)12(10)14/h3,5-7H,1-2,4H2. The number of benzene rings is 1. The molecule has 0 radical (unpaired) electrons. The topological polar surface area (TPSA) is 28.7 Å². The maximum atomic E-state index is 8.89. The van der Waals surface area contributed by atoms with Gasteiger partial charge in [0.1, 0.15) is 0 Å². The van der Waals surface area contributed by atoms with Crippen molar-refractivity contribution < 1.29 is 0 Å². The molecule has 14 heavy (non-hydrogen) atoms. The molecule has 0 fully saturated rings. The summed E-state index contributed by atoms with van der Waals surface area (Å²) in [6, 6.07) is 8.32. The maximum Gasteiger partial charge on any atom is 0.0991 e. The second-order valence-corrected chi connectivity index (χ2v) is 3.80. The third-order valence-corrected chi connectivity index (χ3v) is 2.91. The molecule has 0 bridgehead atoms. The highest BCUT2D eigenvalue weighted by molar-refractivity contribution is 5.85. The van der Waals surface area contributed by atoms with Crippen LogP contribution in [-0.4, -0.2) is 4.57 Å². The number of rotatable bonds is 0. The summed E-state index contributed by atoms with van der Waals surface area (Å²) in [7, 11) is 0. The van der Waals surface area contributed by atoms with Crippen molar-refractivity contribution >= 4 is 10.9 Å². The van der Waals surface area contributed by atoms with E-state index in [2.05, 4.69) is 22.9 Å². The van der Waals surface area contributed by atoms with Crippen molar-refractivity contribution in [3.05, 3.63) is 35.5 Å². The van der Waals surface area contributed by atoms with Gasteiger partial charge in [-0.3, -0.25) is 0 Å². The summed E-state index contributed by atoms with van der Waals surface area (Å²) in [6.45, 7) is 1.11. The Bertz CT molecular complexity index is 543. The van der Waals surface area contributed by atoms with Crippen molar-refractivity contribution in [3.8, 4) is 6.07 Å². The van der Waals surface area contributed by atoms with Crippen molar-refractivity contribution in [3.63, 3.8) is 0 Å². The second kappa shape index (κ2) is 2.62. The minimum atomic E-state index is 0.784. The molecule has 0 unspecified atom stereocenters. The van der Waals surface area contributed by atoms with Crippen molar-refractivity contribution in [1.82, 2.24) is 4.57 Å². The molecule has 2 nitrogen and oxygen atoms in total. The van der Waals surface area contributed by atoms with E-state index in [0.717, 1.165) is 18.5 Å². The second-order valence-electron chi connectivity index (χ2n) is 3.80. The molecule has 2 heterocycles. The van der Waals surface area contributed by atoms with E-state index in [4.69, 9.17) is 5.26 Å². The van der Waals surface area contributed by atoms with Gasteiger partial charge >= 0.3 is 0 Å². The molecule has 0 amide bonds. The molecule has 0 saturated carbocycles. The van der Waals surface area contributed by atoms with Gasteiger partial charge in [-0.1, -0.05) is 0 Å². The first-order chi connectivity index (χ1) is 6.88. The minimum absolute atomic E-state index is 0.784. The number of hydrogen-bond donors (Lipinski definition) is 0. The number of aromatic nitrogens is 1. The van der Waals surface area contributed by atoms with Crippen molar-refractivity contribution in [2.24, 2.45) is 0 Å². The first kappa shape index (κ1) is 7.64. The Morgan fingerprint density at radius 1 is 1.36 bits per heavy atom.